The van der Waals surface area contributed by atoms with E-state index in [9.17, 15) is 4.79 Å². The van der Waals surface area contributed by atoms with Gasteiger partial charge in [-0.25, -0.2) is 5.84 Å². The third-order valence-corrected chi connectivity index (χ3v) is 4.46. The summed E-state index contributed by atoms with van der Waals surface area (Å²) in [5.74, 6) is 5.23. The van der Waals surface area contributed by atoms with Gasteiger partial charge in [-0.3, -0.25) is 15.1 Å². The zero-order chi connectivity index (χ0) is 15.0. The Morgan fingerprint density at radius 3 is 2.86 bits per heavy atom. The van der Waals surface area contributed by atoms with Gasteiger partial charge in [0, 0.05) is 23.0 Å². The van der Waals surface area contributed by atoms with Gasteiger partial charge in [-0.2, -0.15) is 0 Å². The highest BCUT2D eigenvalue weighted by atomic mass is 16.3. The Hall–Kier alpha value is -1.85. The zero-order valence-corrected chi connectivity index (χ0v) is 12.5. The van der Waals surface area contributed by atoms with Gasteiger partial charge >= 0.3 is 5.91 Å². The quantitative estimate of drug-likeness (QED) is 0.516. The molecular formula is C16H21N3O2. The van der Waals surface area contributed by atoms with Crippen molar-refractivity contribution in [1.29, 1.82) is 0 Å². The van der Waals surface area contributed by atoms with Crippen molar-refractivity contribution in [2.45, 2.75) is 38.8 Å². The van der Waals surface area contributed by atoms with Crippen LogP contribution in [0.4, 0.5) is 0 Å². The first-order valence-corrected chi connectivity index (χ1v) is 7.29. The molecular weight excluding hydrogens is 266 g/mol. The Morgan fingerprint density at radius 2 is 2.19 bits per heavy atom. The molecule has 1 fully saturated rings. The van der Waals surface area contributed by atoms with Gasteiger partial charge in [0.1, 0.15) is 5.58 Å². The molecule has 1 amide bonds. The molecule has 5 heteroatoms. The summed E-state index contributed by atoms with van der Waals surface area (Å²) in [4.78, 5) is 14.4. The van der Waals surface area contributed by atoms with Crippen LogP contribution in [-0.2, 0) is 6.54 Å². The van der Waals surface area contributed by atoms with Crippen LogP contribution in [-0.4, -0.2) is 22.9 Å². The van der Waals surface area contributed by atoms with Crippen LogP contribution in [0.1, 0.15) is 42.8 Å². The van der Waals surface area contributed by atoms with E-state index in [0.29, 0.717) is 12.3 Å². The maximum absolute atomic E-state index is 12.0. The lowest BCUT2D eigenvalue weighted by Crippen LogP contribution is -2.38. The first-order chi connectivity index (χ1) is 10.0. The molecule has 21 heavy (non-hydrogen) atoms. The van der Waals surface area contributed by atoms with E-state index < -0.39 is 0 Å². The van der Waals surface area contributed by atoms with E-state index in [1.807, 2.05) is 24.3 Å². The van der Waals surface area contributed by atoms with Gasteiger partial charge in [0.25, 0.3) is 0 Å². The summed E-state index contributed by atoms with van der Waals surface area (Å²) < 4.78 is 5.71. The summed E-state index contributed by atoms with van der Waals surface area (Å²) in [7, 11) is 0. The summed E-state index contributed by atoms with van der Waals surface area (Å²) in [5.41, 5.74) is 3.97. The first kappa shape index (κ1) is 14.1. The molecule has 3 rings (SSSR count). The van der Waals surface area contributed by atoms with Crippen LogP contribution in [0.5, 0.6) is 0 Å². The van der Waals surface area contributed by atoms with Gasteiger partial charge in [0.05, 0.1) is 0 Å². The molecule has 0 spiro atoms. The van der Waals surface area contributed by atoms with Gasteiger partial charge in [-0.05, 0) is 39.3 Å². The Kier molecular flexibility index (Phi) is 3.47. The Labute approximate surface area is 124 Å². The van der Waals surface area contributed by atoms with Crippen molar-refractivity contribution in [1.82, 2.24) is 10.3 Å². The fourth-order valence-corrected chi connectivity index (χ4v) is 3.15. The van der Waals surface area contributed by atoms with E-state index >= 15 is 0 Å². The normalized spacial score (nSPS) is 18.2. The molecule has 5 nitrogen and oxygen atoms in total. The molecule has 1 aromatic carbocycles. The molecule has 2 heterocycles. The van der Waals surface area contributed by atoms with E-state index in [0.717, 1.165) is 23.1 Å². The molecule has 0 bridgehead atoms. The number of rotatable bonds is 3. The highest BCUT2D eigenvalue weighted by Gasteiger charge is 2.33. The number of benzene rings is 1. The number of nitrogens with one attached hydrogen (secondary N) is 1. The molecule has 0 saturated carbocycles. The van der Waals surface area contributed by atoms with E-state index in [4.69, 9.17) is 10.3 Å². The third-order valence-electron chi connectivity index (χ3n) is 4.46. The number of carbonyl (C=O) groups is 1. The van der Waals surface area contributed by atoms with Gasteiger partial charge in [0.15, 0.2) is 5.76 Å². The van der Waals surface area contributed by atoms with Crippen molar-refractivity contribution in [2.24, 2.45) is 5.84 Å². The molecule has 0 unspecified atom stereocenters. The van der Waals surface area contributed by atoms with Gasteiger partial charge < -0.3 is 4.42 Å². The van der Waals surface area contributed by atoms with Crippen LogP contribution in [0.3, 0.4) is 0 Å². The van der Waals surface area contributed by atoms with Gasteiger partial charge in [-0.15, -0.1) is 0 Å². The Bertz CT molecular complexity index is 675. The van der Waals surface area contributed by atoms with Gasteiger partial charge in [-0.1, -0.05) is 18.2 Å². The van der Waals surface area contributed by atoms with Crippen LogP contribution < -0.4 is 11.3 Å². The maximum Gasteiger partial charge on any atom is 0.301 e. The van der Waals surface area contributed by atoms with Crippen molar-refractivity contribution in [3.63, 3.8) is 0 Å². The van der Waals surface area contributed by atoms with Crippen molar-refractivity contribution in [3.05, 3.63) is 35.6 Å². The Morgan fingerprint density at radius 1 is 1.43 bits per heavy atom. The van der Waals surface area contributed by atoms with Crippen LogP contribution >= 0.6 is 0 Å². The third kappa shape index (κ3) is 2.43. The number of likely N-dealkylation sites (tertiary alicyclic amines) is 1. The molecule has 2 aromatic rings. The van der Waals surface area contributed by atoms with Crippen molar-refractivity contribution in [3.8, 4) is 0 Å². The van der Waals surface area contributed by atoms with E-state index in [2.05, 4.69) is 24.2 Å². The second kappa shape index (κ2) is 5.16. The summed E-state index contributed by atoms with van der Waals surface area (Å²) in [6.45, 7) is 6.22. The standard InChI is InChI=1S/C16H21N3O2/c1-16(2)8-5-9-19(16)10-12-11-6-3-4-7-13(11)21-14(12)15(20)18-17/h3-4,6-7H,5,8-10,17H2,1-2H3,(H,18,20). The molecule has 0 aliphatic carbocycles. The molecule has 1 aromatic heterocycles. The fourth-order valence-electron chi connectivity index (χ4n) is 3.15. The molecule has 1 aliphatic heterocycles. The lowest BCUT2D eigenvalue weighted by atomic mass is 10.0. The lowest BCUT2D eigenvalue weighted by molar-refractivity contribution is 0.0922. The number of nitrogens with two attached hydrogens (primary N) is 1. The zero-order valence-electron chi connectivity index (χ0n) is 12.5. The van der Waals surface area contributed by atoms with E-state index in [1.54, 1.807) is 0 Å². The number of nitrogens with zero attached hydrogens (tertiary/aromatic N) is 1. The number of hydrogen-bond acceptors (Lipinski definition) is 4. The van der Waals surface area contributed by atoms with Gasteiger partial charge in [0.2, 0.25) is 0 Å². The average molecular weight is 287 g/mol. The summed E-state index contributed by atoms with van der Waals surface area (Å²) >= 11 is 0. The smallest absolute Gasteiger partial charge is 0.301 e. The predicted octanol–water partition coefficient (Wildman–Crippen LogP) is 2.41. The molecule has 3 N–H and O–H groups in total. The van der Waals surface area contributed by atoms with E-state index in [1.165, 1.54) is 12.8 Å². The fraction of sp³-hybridized carbons (Fsp3) is 0.438. The van der Waals surface area contributed by atoms with Crippen LogP contribution in [0.25, 0.3) is 11.0 Å². The number of furan rings is 1. The summed E-state index contributed by atoms with van der Waals surface area (Å²) in [6.07, 6.45) is 2.35. The largest absolute Gasteiger partial charge is 0.451 e. The maximum atomic E-state index is 12.0. The molecule has 0 atom stereocenters. The number of amides is 1. The molecule has 1 aliphatic rings. The number of nitrogen functional groups attached to an aromatic ring is 1. The number of para-hydroxylation sites is 1. The van der Waals surface area contributed by atoms with Crippen LogP contribution in [0.15, 0.2) is 28.7 Å². The topological polar surface area (TPSA) is 71.5 Å². The minimum Gasteiger partial charge on any atom is -0.451 e. The minimum atomic E-state index is -0.377. The monoisotopic (exact) mass is 287 g/mol. The second-order valence-corrected chi connectivity index (χ2v) is 6.22. The summed E-state index contributed by atoms with van der Waals surface area (Å²) in [5, 5.41) is 0.985. The number of hydrazine groups is 1. The number of carbonyl (C=O) groups excluding carboxylic acids is 1. The molecule has 112 valence electrons. The van der Waals surface area contributed by atoms with E-state index in [-0.39, 0.29) is 11.4 Å². The van der Waals surface area contributed by atoms with Crippen LogP contribution in [0.2, 0.25) is 0 Å². The SMILES string of the molecule is CC1(C)CCCN1Cc1c(C(=O)NN)oc2ccccc12. The minimum absolute atomic E-state index is 0.148. The van der Waals surface area contributed by atoms with Crippen molar-refractivity contribution in [2.75, 3.05) is 6.54 Å². The van der Waals surface area contributed by atoms with Crippen LogP contribution in [0, 0.1) is 0 Å². The highest BCUT2D eigenvalue weighted by molar-refractivity contribution is 5.98. The number of fused-ring (bicyclic) bond motifs is 1. The number of hydrogen-bond donors (Lipinski definition) is 2. The lowest BCUT2D eigenvalue weighted by Gasteiger charge is -2.31. The summed E-state index contributed by atoms with van der Waals surface area (Å²) in [6, 6.07) is 7.73. The second-order valence-electron chi connectivity index (χ2n) is 6.22. The molecule has 0 radical (unpaired) electrons. The Balaban J connectivity index is 2.05. The first-order valence-electron chi connectivity index (χ1n) is 7.29. The predicted molar refractivity (Wildman–Crippen MR) is 81.6 cm³/mol. The average Bonchev–Trinajstić information content (AvgIpc) is 3.00. The molecule has 1 saturated heterocycles. The highest BCUT2D eigenvalue weighted by Crippen LogP contribution is 2.33. The van der Waals surface area contributed by atoms with Crippen molar-refractivity contribution >= 4 is 16.9 Å². The van der Waals surface area contributed by atoms with Crippen molar-refractivity contribution < 1.29 is 9.21 Å².